The van der Waals surface area contributed by atoms with Crippen LogP contribution in [-0.4, -0.2) is 37.2 Å². The van der Waals surface area contributed by atoms with Gasteiger partial charge in [-0.1, -0.05) is 183 Å². The first-order valence-corrected chi connectivity index (χ1v) is 25.1. The van der Waals surface area contributed by atoms with Crippen LogP contribution in [-0.2, 0) is 28.6 Å². The number of hydrogen-bond donors (Lipinski definition) is 0. The molecular formula is C55H92O6. The van der Waals surface area contributed by atoms with Crippen LogP contribution in [0.1, 0.15) is 226 Å². The number of unbranched alkanes of at least 4 members (excludes halogenated alkanes) is 19. The lowest BCUT2D eigenvalue weighted by Crippen LogP contribution is -2.30. The monoisotopic (exact) mass is 849 g/mol. The van der Waals surface area contributed by atoms with Crippen LogP contribution in [0.25, 0.3) is 0 Å². The smallest absolute Gasteiger partial charge is 0.306 e. The molecule has 1 unspecified atom stereocenters. The second kappa shape index (κ2) is 49.2. The van der Waals surface area contributed by atoms with Gasteiger partial charge in [0.2, 0.25) is 0 Å². The van der Waals surface area contributed by atoms with E-state index in [1.807, 2.05) is 0 Å². The maximum Gasteiger partial charge on any atom is 0.306 e. The summed E-state index contributed by atoms with van der Waals surface area (Å²) in [5, 5.41) is 0. The van der Waals surface area contributed by atoms with Crippen LogP contribution in [0.4, 0.5) is 0 Å². The molecule has 6 heteroatoms. The molecule has 0 rings (SSSR count). The number of rotatable bonds is 44. The average Bonchev–Trinajstić information content (AvgIpc) is 3.26. The number of hydrogen-bond acceptors (Lipinski definition) is 6. The van der Waals surface area contributed by atoms with Crippen molar-refractivity contribution in [1.29, 1.82) is 0 Å². The Hall–Kier alpha value is -3.41. The lowest BCUT2D eigenvalue weighted by molar-refractivity contribution is -0.167. The Bertz CT molecular complexity index is 1200. The first kappa shape index (κ1) is 57.6. The molecule has 0 aromatic rings. The van der Waals surface area contributed by atoms with E-state index in [0.717, 1.165) is 128 Å². The molecule has 0 aliphatic carbocycles. The zero-order valence-electron chi connectivity index (χ0n) is 39.7. The number of carbonyl (C=O) groups is 3. The predicted molar refractivity (Wildman–Crippen MR) is 261 cm³/mol. The Morgan fingerprint density at radius 2 is 0.672 bits per heavy atom. The summed E-state index contributed by atoms with van der Waals surface area (Å²) in [6, 6.07) is 0. The van der Waals surface area contributed by atoms with Crippen LogP contribution in [0.3, 0.4) is 0 Å². The van der Waals surface area contributed by atoms with Crippen molar-refractivity contribution < 1.29 is 28.6 Å². The Morgan fingerprint density at radius 1 is 0.344 bits per heavy atom. The molecule has 0 saturated carbocycles. The fourth-order valence-electron chi connectivity index (χ4n) is 6.58. The van der Waals surface area contributed by atoms with Gasteiger partial charge in [-0.15, -0.1) is 0 Å². The standard InChI is InChI=1S/C55H92O6/c1-4-7-10-13-16-19-22-25-27-30-33-36-39-42-45-48-54(57)60-51-52(50-59-53(56)47-44-41-38-35-32-29-24-21-18-15-12-9-6-3)61-55(58)49-46-43-40-37-34-31-28-26-23-20-17-14-11-8-5-2/h7,10,12,15-16,19,21,24-28,33,36,52H,4-6,8-9,11,13-14,17-18,20,22-23,29-32,34-35,37-51H2,1-3H3/b10-7-,15-12-,19-16-,24-21-,27-25-,28-26-,36-33-. The molecule has 0 radical (unpaired) electrons. The minimum Gasteiger partial charge on any atom is -0.462 e. The van der Waals surface area contributed by atoms with Crippen LogP contribution in [0.5, 0.6) is 0 Å². The molecule has 0 saturated heterocycles. The van der Waals surface area contributed by atoms with E-state index in [1.54, 1.807) is 0 Å². The predicted octanol–water partition coefficient (Wildman–Crippen LogP) is 16.4. The zero-order valence-corrected chi connectivity index (χ0v) is 39.7. The van der Waals surface area contributed by atoms with E-state index in [2.05, 4.69) is 106 Å². The minimum atomic E-state index is -0.803. The van der Waals surface area contributed by atoms with Gasteiger partial charge in [-0.2, -0.15) is 0 Å². The first-order valence-electron chi connectivity index (χ1n) is 25.1. The third kappa shape index (κ3) is 47.5. The molecular weight excluding hydrogens is 757 g/mol. The van der Waals surface area contributed by atoms with Crippen molar-refractivity contribution in [2.75, 3.05) is 13.2 Å². The molecule has 0 aromatic carbocycles. The van der Waals surface area contributed by atoms with Crippen LogP contribution >= 0.6 is 0 Å². The summed E-state index contributed by atoms with van der Waals surface area (Å²) in [7, 11) is 0. The molecule has 0 N–H and O–H groups in total. The summed E-state index contributed by atoms with van der Waals surface area (Å²) >= 11 is 0. The lowest BCUT2D eigenvalue weighted by Gasteiger charge is -2.18. The van der Waals surface area contributed by atoms with E-state index in [4.69, 9.17) is 14.2 Å². The molecule has 0 spiro atoms. The Kier molecular flexibility index (Phi) is 46.5. The maximum atomic E-state index is 12.8. The Labute approximate surface area is 375 Å². The molecule has 0 heterocycles. The molecule has 0 amide bonds. The van der Waals surface area contributed by atoms with Crippen LogP contribution in [0.2, 0.25) is 0 Å². The molecule has 0 fully saturated rings. The fourth-order valence-corrected chi connectivity index (χ4v) is 6.58. The number of ether oxygens (including phenoxy) is 3. The van der Waals surface area contributed by atoms with Crippen molar-refractivity contribution in [2.24, 2.45) is 0 Å². The van der Waals surface area contributed by atoms with Gasteiger partial charge in [-0.25, -0.2) is 0 Å². The molecule has 6 nitrogen and oxygen atoms in total. The Morgan fingerprint density at radius 3 is 1.11 bits per heavy atom. The van der Waals surface area contributed by atoms with Gasteiger partial charge < -0.3 is 14.2 Å². The molecule has 0 aliphatic heterocycles. The summed E-state index contributed by atoms with van der Waals surface area (Å²) in [4.78, 5) is 37.9. The molecule has 348 valence electrons. The normalized spacial score (nSPS) is 12.8. The molecule has 0 aliphatic rings. The molecule has 61 heavy (non-hydrogen) atoms. The molecule has 0 aromatic heterocycles. The summed E-state index contributed by atoms with van der Waals surface area (Å²) in [6.07, 6.45) is 62.8. The van der Waals surface area contributed by atoms with Gasteiger partial charge in [0.05, 0.1) is 0 Å². The summed E-state index contributed by atoms with van der Waals surface area (Å²) in [5.41, 5.74) is 0. The van der Waals surface area contributed by atoms with Gasteiger partial charge in [0, 0.05) is 19.3 Å². The zero-order chi connectivity index (χ0) is 44.4. The second-order valence-corrected chi connectivity index (χ2v) is 16.3. The Balaban J connectivity index is 4.49. The van der Waals surface area contributed by atoms with E-state index in [9.17, 15) is 14.4 Å². The number of esters is 3. The summed E-state index contributed by atoms with van der Waals surface area (Å²) in [6.45, 7) is 6.39. The van der Waals surface area contributed by atoms with Crippen molar-refractivity contribution in [3.05, 3.63) is 85.1 Å². The lowest BCUT2D eigenvalue weighted by atomic mass is 10.1. The van der Waals surface area contributed by atoms with E-state index in [-0.39, 0.29) is 31.1 Å². The van der Waals surface area contributed by atoms with E-state index in [0.29, 0.717) is 19.3 Å². The third-order valence-electron chi connectivity index (χ3n) is 10.3. The quantitative estimate of drug-likeness (QED) is 0.0263. The minimum absolute atomic E-state index is 0.101. The number of allylic oxidation sites excluding steroid dienone is 14. The van der Waals surface area contributed by atoms with Crippen molar-refractivity contribution >= 4 is 17.9 Å². The summed E-state index contributed by atoms with van der Waals surface area (Å²) < 4.78 is 16.7. The van der Waals surface area contributed by atoms with Gasteiger partial charge in [-0.3, -0.25) is 14.4 Å². The van der Waals surface area contributed by atoms with Gasteiger partial charge in [-0.05, 0) is 109 Å². The number of carbonyl (C=O) groups excluding carboxylic acids is 3. The van der Waals surface area contributed by atoms with E-state index < -0.39 is 6.10 Å². The largest absolute Gasteiger partial charge is 0.462 e. The van der Waals surface area contributed by atoms with Crippen molar-refractivity contribution in [3.8, 4) is 0 Å². The van der Waals surface area contributed by atoms with E-state index >= 15 is 0 Å². The fraction of sp³-hybridized carbons (Fsp3) is 0.691. The molecule has 1 atom stereocenters. The molecule has 0 bridgehead atoms. The third-order valence-corrected chi connectivity index (χ3v) is 10.3. The summed E-state index contributed by atoms with van der Waals surface area (Å²) in [5.74, 6) is -0.968. The maximum absolute atomic E-state index is 12.8. The first-order chi connectivity index (χ1) is 30.0. The highest BCUT2D eigenvalue weighted by Crippen LogP contribution is 2.13. The van der Waals surface area contributed by atoms with Gasteiger partial charge in [0.15, 0.2) is 6.10 Å². The highest BCUT2D eigenvalue weighted by atomic mass is 16.6. The van der Waals surface area contributed by atoms with Crippen molar-refractivity contribution in [2.45, 2.75) is 232 Å². The highest BCUT2D eigenvalue weighted by Gasteiger charge is 2.19. The van der Waals surface area contributed by atoms with Crippen LogP contribution < -0.4 is 0 Å². The second-order valence-electron chi connectivity index (χ2n) is 16.3. The van der Waals surface area contributed by atoms with E-state index in [1.165, 1.54) is 57.8 Å². The van der Waals surface area contributed by atoms with Gasteiger partial charge in [0.25, 0.3) is 0 Å². The van der Waals surface area contributed by atoms with Gasteiger partial charge >= 0.3 is 17.9 Å². The average molecular weight is 849 g/mol. The topological polar surface area (TPSA) is 78.9 Å². The van der Waals surface area contributed by atoms with Crippen molar-refractivity contribution in [1.82, 2.24) is 0 Å². The highest BCUT2D eigenvalue weighted by molar-refractivity contribution is 5.71. The SMILES string of the molecule is CC/C=C\C/C=C\C/C=C\C/C=C\CCCCC(=O)OCC(COC(=O)CCCCCCC/C=C\C/C=C\CCC)OC(=O)CCCCCCC/C=C\CCCCCCCC. The van der Waals surface area contributed by atoms with Crippen LogP contribution in [0, 0.1) is 0 Å². The van der Waals surface area contributed by atoms with Gasteiger partial charge in [0.1, 0.15) is 13.2 Å². The van der Waals surface area contributed by atoms with Crippen LogP contribution in [0.15, 0.2) is 85.1 Å². The van der Waals surface area contributed by atoms with Crippen molar-refractivity contribution in [3.63, 3.8) is 0 Å².